The van der Waals surface area contributed by atoms with Crippen LogP contribution in [0.25, 0.3) is 0 Å². The Labute approximate surface area is 72.7 Å². The molecule has 3 atom stereocenters. The lowest BCUT2D eigenvalue weighted by Crippen LogP contribution is -2.39. The predicted octanol–water partition coefficient (Wildman–Crippen LogP) is 0.803. The van der Waals surface area contributed by atoms with E-state index >= 15 is 0 Å². The molecule has 12 heavy (non-hydrogen) atoms. The minimum atomic E-state index is 0.0559. The zero-order valence-corrected chi connectivity index (χ0v) is 7.25. The van der Waals surface area contributed by atoms with Gasteiger partial charge in [-0.25, -0.2) is 5.84 Å². The van der Waals surface area contributed by atoms with Crippen molar-refractivity contribution in [3.05, 3.63) is 0 Å². The van der Waals surface area contributed by atoms with Crippen molar-refractivity contribution >= 4 is 5.91 Å². The highest BCUT2D eigenvalue weighted by Crippen LogP contribution is 2.45. The van der Waals surface area contributed by atoms with Gasteiger partial charge in [-0.05, 0) is 37.5 Å². The van der Waals surface area contributed by atoms with Gasteiger partial charge in [0.15, 0.2) is 0 Å². The Balaban J connectivity index is 2.02. The number of hydrogen-bond acceptors (Lipinski definition) is 2. The summed E-state index contributed by atoms with van der Waals surface area (Å²) >= 11 is 0. The van der Waals surface area contributed by atoms with Crippen molar-refractivity contribution in [2.45, 2.75) is 32.1 Å². The molecule has 3 nitrogen and oxygen atoms in total. The van der Waals surface area contributed by atoms with Crippen molar-refractivity contribution in [3.8, 4) is 0 Å². The van der Waals surface area contributed by atoms with Gasteiger partial charge >= 0.3 is 0 Å². The number of rotatable bonds is 1. The van der Waals surface area contributed by atoms with Crippen molar-refractivity contribution in [2.75, 3.05) is 0 Å². The number of hydrazine groups is 1. The third kappa shape index (κ3) is 1.22. The Morgan fingerprint density at radius 3 is 2.75 bits per heavy atom. The summed E-state index contributed by atoms with van der Waals surface area (Å²) in [6.45, 7) is 0. The van der Waals surface area contributed by atoms with Crippen LogP contribution >= 0.6 is 0 Å². The van der Waals surface area contributed by atoms with E-state index in [1.807, 2.05) is 0 Å². The van der Waals surface area contributed by atoms with Gasteiger partial charge in [0.05, 0.1) is 0 Å². The minimum Gasteiger partial charge on any atom is -0.294 e. The van der Waals surface area contributed by atoms with E-state index in [1.54, 1.807) is 0 Å². The second-order valence-corrected chi connectivity index (χ2v) is 4.13. The zero-order chi connectivity index (χ0) is 8.55. The van der Waals surface area contributed by atoms with Gasteiger partial charge < -0.3 is 0 Å². The van der Waals surface area contributed by atoms with Gasteiger partial charge in [0.25, 0.3) is 0 Å². The van der Waals surface area contributed by atoms with E-state index in [9.17, 15) is 4.79 Å². The molecule has 0 radical (unpaired) electrons. The Hall–Kier alpha value is -0.570. The molecule has 0 spiro atoms. The number of nitrogens with one attached hydrogen (secondary N) is 1. The van der Waals surface area contributed by atoms with E-state index in [4.69, 9.17) is 5.84 Å². The quantitative estimate of drug-likeness (QED) is 0.346. The minimum absolute atomic E-state index is 0.0559. The molecule has 2 fully saturated rings. The van der Waals surface area contributed by atoms with Crippen molar-refractivity contribution < 1.29 is 4.79 Å². The molecular formula is C9H16N2O. The van der Waals surface area contributed by atoms with E-state index < -0.39 is 0 Å². The van der Waals surface area contributed by atoms with Crippen LogP contribution in [0.5, 0.6) is 0 Å². The summed E-state index contributed by atoms with van der Waals surface area (Å²) in [5.74, 6) is 6.95. The summed E-state index contributed by atoms with van der Waals surface area (Å²) in [5, 5.41) is 0. The normalized spacial score (nSPS) is 39.6. The average molecular weight is 168 g/mol. The standard InChI is InChI=1S/C9H16N2O/c10-11-9(12)8-4-2-6-1-3-7(8)5-6/h6-8H,1-5,10H2,(H,11,12). The molecule has 2 saturated carbocycles. The largest absolute Gasteiger partial charge is 0.294 e. The number of carbonyl (C=O) groups is 1. The first-order valence-corrected chi connectivity index (χ1v) is 4.81. The topological polar surface area (TPSA) is 55.1 Å². The maximum atomic E-state index is 11.3. The maximum Gasteiger partial charge on any atom is 0.237 e. The lowest BCUT2D eigenvalue weighted by molar-refractivity contribution is -0.127. The third-order valence-corrected chi connectivity index (χ3v) is 3.52. The molecular weight excluding hydrogens is 152 g/mol. The van der Waals surface area contributed by atoms with E-state index in [2.05, 4.69) is 5.43 Å². The second kappa shape index (κ2) is 3.05. The molecule has 2 bridgehead atoms. The van der Waals surface area contributed by atoms with E-state index in [1.165, 1.54) is 25.7 Å². The number of hydrogen-bond donors (Lipinski definition) is 2. The Morgan fingerprint density at radius 1 is 1.25 bits per heavy atom. The fourth-order valence-corrected chi connectivity index (χ4v) is 2.84. The molecule has 0 aromatic rings. The molecule has 0 aromatic carbocycles. The summed E-state index contributed by atoms with van der Waals surface area (Å²) in [4.78, 5) is 11.3. The maximum absolute atomic E-state index is 11.3. The first-order chi connectivity index (χ1) is 5.81. The van der Waals surface area contributed by atoms with Gasteiger partial charge in [0, 0.05) is 5.92 Å². The zero-order valence-electron chi connectivity index (χ0n) is 7.25. The molecule has 0 aliphatic heterocycles. The molecule has 0 saturated heterocycles. The highest BCUT2D eigenvalue weighted by molar-refractivity contribution is 5.78. The fourth-order valence-electron chi connectivity index (χ4n) is 2.84. The number of carbonyl (C=O) groups excluding carboxylic acids is 1. The van der Waals surface area contributed by atoms with Crippen LogP contribution in [0.3, 0.4) is 0 Å². The van der Waals surface area contributed by atoms with Crippen LogP contribution in [0.1, 0.15) is 32.1 Å². The first kappa shape index (κ1) is 8.05. The highest BCUT2D eigenvalue weighted by atomic mass is 16.2. The van der Waals surface area contributed by atoms with Crippen LogP contribution in [0.2, 0.25) is 0 Å². The Bertz CT molecular complexity index is 193. The number of amides is 1. The second-order valence-electron chi connectivity index (χ2n) is 4.13. The van der Waals surface area contributed by atoms with E-state index in [0.717, 1.165) is 12.3 Å². The van der Waals surface area contributed by atoms with Gasteiger partial charge in [0.2, 0.25) is 5.91 Å². The van der Waals surface area contributed by atoms with Crippen LogP contribution in [-0.2, 0) is 4.79 Å². The van der Waals surface area contributed by atoms with E-state index in [-0.39, 0.29) is 11.8 Å². The molecule has 2 aliphatic rings. The van der Waals surface area contributed by atoms with Gasteiger partial charge in [-0.2, -0.15) is 0 Å². The van der Waals surface area contributed by atoms with Crippen molar-refractivity contribution in [3.63, 3.8) is 0 Å². The Morgan fingerprint density at radius 2 is 2.00 bits per heavy atom. The van der Waals surface area contributed by atoms with Crippen LogP contribution in [0, 0.1) is 17.8 Å². The molecule has 68 valence electrons. The summed E-state index contributed by atoms with van der Waals surface area (Å²) in [7, 11) is 0. The lowest BCUT2D eigenvalue weighted by Gasteiger charge is -2.26. The summed E-state index contributed by atoms with van der Waals surface area (Å²) in [6, 6.07) is 0. The fraction of sp³-hybridized carbons (Fsp3) is 0.889. The average Bonchev–Trinajstić information content (AvgIpc) is 2.47. The van der Waals surface area contributed by atoms with Gasteiger partial charge in [-0.15, -0.1) is 0 Å². The lowest BCUT2D eigenvalue weighted by atomic mass is 9.79. The van der Waals surface area contributed by atoms with Gasteiger partial charge in [-0.3, -0.25) is 10.2 Å². The summed E-state index contributed by atoms with van der Waals surface area (Å²) in [5.41, 5.74) is 2.28. The predicted molar refractivity (Wildman–Crippen MR) is 45.9 cm³/mol. The molecule has 1 amide bonds. The van der Waals surface area contributed by atoms with Crippen LogP contribution in [-0.4, -0.2) is 5.91 Å². The van der Waals surface area contributed by atoms with Crippen molar-refractivity contribution in [1.82, 2.24) is 5.43 Å². The smallest absolute Gasteiger partial charge is 0.237 e. The van der Waals surface area contributed by atoms with Crippen LogP contribution < -0.4 is 11.3 Å². The van der Waals surface area contributed by atoms with Gasteiger partial charge in [0.1, 0.15) is 0 Å². The molecule has 2 rings (SSSR count). The monoisotopic (exact) mass is 168 g/mol. The van der Waals surface area contributed by atoms with Crippen LogP contribution in [0.15, 0.2) is 0 Å². The molecule has 3 unspecified atom stereocenters. The summed E-state index contributed by atoms with van der Waals surface area (Å²) < 4.78 is 0. The van der Waals surface area contributed by atoms with Crippen molar-refractivity contribution in [2.24, 2.45) is 23.6 Å². The molecule has 2 aliphatic carbocycles. The number of fused-ring (bicyclic) bond motifs is 2. The molecule has 3 N–H and O–H groups in total. The first-order valence-electron chi connectivity index (χ1n) is 4.81. The molecule has 3 heteroatoms. The van der Waals surface area contributed by atoms with Gasteiger partial charge in [-0.1, -0.05) is 6.42 Å². The third-order valence-electron chi connectivity index (χ3n) is 3.52. The van der Waals surface area contributed by atoms with Crippen molar-refractivity contribution in [1.29, 1.82) is 0 Å². The molecule has 0 heterocycles. The summed E-state index contributed by atoms with van der Waals surface area (Å²) in [6.07, 6.45) is 6.12. The molecule has 0 aromatic heterocycles. The van der Waals surface area contributed by atoms with E-state index in [0.29, 0.717) is 5.92 Å². The Kier molecular flexibility index (Phi) is 2.05. The SMILES string of the molecule is NNC(=O)C1CCC2CCC1C2. The van der Waals surface area contributed by atoms with Crippen LogP contribution in [0.4, 0.5) is 0 Å². The highest BCUT2D eigenvalue weighted by Gasteiger charge is 2.38. The number of nitrogens with two attached hydrogens (primary N) is 1.